The molecule has 0 saturated heterocycles. The molecular weight excluding hydrogens is 655 g/mol. The third kappa shape index (κ3) is 3.88. The maximum atomic E-state index is 6.13. The monoisotopic (exact) mass is 681 g/mol. The van der Waals surface area contributed by atoms with E-state index in [0.29, 0.717) is 0 Å². The third-order valence-corrected chi connectivity index (χ3v) is 12.0. The maximum absolute atomic E-state index is 6.13. The lowest BCUT2D eigenvalue weighted by atomic mass is 10.0. The first kappa shape index (κ1) is 28.1. The number of rotatable bonds is 3. The molecule has 0 atom stereocenters. The summed E-state index contributed by atoms with van der Waals surface area (Å²) in [7, 11) is 0. The fourth-order valence-corrected chi connectivity index (χ4v) is 9.55. The van der Waals surface area contributed by atoms with E-state index in [-0.39, 0.29) is 0 Å². The van der Waals surface area contributed by atoms with Crippen LogP contribution < -0.4 is 0 Å². The molecule has 52 heavy (non-hydrogen) atoms. The molecule has 0 unspecified atom stereocenters. The van der Waals surface area contributed by atoms with E-state index in [4.69, 9.17) is 4.42 Å². The van der Waals surface area contributed by atoms with Gasteiger partial charge in [0, 0.05) is 76.3 Å². The van der Waals surface area contributed by atoms with Gasteiger partial charge in [0.25, 0.3) is 0 Å². The second-order valence-electron chi connectivity index (χ2n) is 13.6. The first-order valence-electron chi connectivity index (χ1n) is 17.5. The molecule has 4 nitrogen and oxygen atoms in total. The van der Waals surface area contributed by atoms with E-state index < -0.39 is 0 Å². The molecule has 0 aliphatic carbocycles. The summed E-state index contributed by atoms with van der Waals surface area (Å²) in [5, 5.41) is 9.68. The Labute approximate surface area is 301 Å². The summed E-state index contributed by atoms with van der Waals surface area (Å²) >= 11 is 1.86. The van der Waals surface area contributed by atoms with Crippen molar-refractivity contribution in [3.8, 4) is 22.5 Å². The van der Waals surface area contributed by atoms with Crippen molar-refractivity contribution in [3.05, 3.63) is 164 Å². The first-order valence-corrected chi connectivity index (χ1v) is 18.3. The Morgan fingerprint density at radius 1 is 0.404 bits per heavy atom. The lowest BCUT2D eigenvalue weighted by Gasteiger charge is -2.10. The average Bonchev–Trinajstić information content (AvgIpc) is 3.94. The molecule has 0 spiro atoms. The molecule has 242 valence electrons. The number of furan rings is 1. The van der Waals surface area contributed by atoms with Crippen LogP contribution in [0.4, 0.5) is 0 Å². The normalized spacial score (nSPS) is 12.2. The molecule has 0 aliphatic rings. The van der Waals surface area contributed by atoms with Gasteiger partial charge in [-0.15, -0.1) is 11.3 Å². The van der Waals surface area contributed by atoms with Gasteiger partial charge in [-0.05, 0) is 96.1 Å². The van der Waals surface area contributed by atoms with E-state index in [2.05, 4.69) is 160 Å². The van der Waals surface area contributed by atoms with Crippen LogP contribution in [0.15, 0.2) is 168 Å². The number of aromatic nitrogens is 3. The van der Waals surface area contributed by atoms with E-state index >= 15 is 0 Å². The van der Waals surface area contributed by atoms with Crippen molar-refractivity contribution in [2.45, 2.75) is 0 Å². The number of benzene rings is 7. The van der Waals surface area contributed by atoms with Crippen molar-refractivity contribution in [3.63, 3.8) is 0 Å². The molecule has 0 N–H and O–H groups in total. The Kier molecular flexibility index (Phi) is 5.62. The van der Waals surface area contributed by atoms with Crippen LogP contribution in [0.3, 0.4) is 0 Å². The fourth-order valence-electron chi connectivity index (χ4n) is 8.46. The third-order valence-electron chi connectivity index (χ3n) is 10.8. The Hall–Kier alpha value is -6.69. The van der Waals surface area contributed by atoms with Crippen LogP contribution in [0.5, 0.6) is 0 Å². The molecule has 0 bridgehead atoms. The van der Waals surface area contributed by atoms with E-state index in [1.165, 1.54) is 80.6 Å². The summed E-state index contributed by atoms with van der Waals surface area (Å²) in [4.78, 5) is 4.37. The minimum absolute atomic E-state index is 0.853. The number of fused-ring (bicyclic) bond motifs is 12. The molecule has 0 radical (unpaired) electrons. The highest BCUT2D eigenvalue weighted by Gasteiger charge is 2.18. The second-order valence-corrected chi connectivity index (χ2v) is 14.7. The van der Waals surface area contributed by atoms with E-state index in [1.54, 1.807) is 6.20 Å². The second kappa shape index (κ2) is 10.4. The summed E-state index contributed by atoms with van der Waals surface area (Å²) in [5.41, 5.74) is 11.2. The van der Waals surface area contributed by atoms with Crippen LogP contribution in [-0.2, 0) is 0 Å². The molecule has 0 fully saturated rings. The molecule has 5 heterocycles. The van der Waals surface area contributed by atoms with Gasteiger partial charge in [-0.1, -0.05) is 66.7 Å². The topological polar surface area (TPSA) is 35.9 Å². The van der Waals surface area contributed by atoms with Crippen molar-refractivity contribution in [2.24, 2.45) is 0 Å². The number of hydrogen-bond donors (Lipinski definition) is 0. The minimum Gasteiger partial charge on any atom is -0.456 e. The highest BCUT2D eigenvalue weighted by molar-refractivity contribution is 7.25. The largest absolute Gasteiger partial charge is 0.456 e. The van der Waals surface area contributed by atoms with E-state index in [9.17, 15) is 0 Å². The zero-order chi connectivity index (χ0) is 33.9. The molecule has 0 aliphatic heterocycles. The number of para-hydroxylation sites is 2. The molecule has 5 aromatic heterocycles. The Morgan fingerprint density at radius 3 is 1.67 bits per heavy atom. The zero-order valence-electron chi connectivity index (χ0n) is 27.7. The van der Waals surface area contributed by atoms with Crippen molar-refractivity contribution in [1.82, 2.24) is 14.1 Å². The molecule has 12 rings (SSSR count). The van der Waals surface area contributed by atoms with Gasteiger partial charge >= 0.3 is 0 Å². The Balaban J connectivity index is 1.03. The summed E-state index contributed by atoms with van der Waals surface area (Å²) in [5.74, 6) is 0. The van der Waals surface area contributed by atoms with Gasteiger partial charge in [-0.2, -0.15) is 0 Å². The van der Waals surface area contributed by atoms with Crippen LogP contribution in [0, 0.1) is 0 Å². The van der Waals surface area contributed by atoms with Crippen molar-refractivity contribution >= 4 is 97.1 Å². The highest BCUT2D eigenvalue weighted by atomic mass is 32.1. The smallest absolute Gasteiger partial charge is 0.138 e. The van der Waals surface area contributed by atoms with Gasteiger partial charge in [0.05, 0.1) is 22.1 Å². The Bertz CT molecular complexity index is 3200. The number of nitrogens with zero attached hydrogens (tertiary/aromatic N) is 3. The molecule has 7 aromatic carbocycles. The lowest BCUT2D eigenvalue weighted by Crippen LogP contribution is -1.93. The maximum Gasteiger partial charge on any atom is 0.138 e. The molecule has 5 heteroatoms. The van der Waals surface area contributed by atoms with Crippen LogP contribution in [0.25, 0.3) is 108 Å². The van der Waals surface area contributed by atoms with Crippen LogP contribution in [-0.4, -0.2) is 14.1 Å². The first-order chi connectivity index (χ1) is 25.8. The molecule has 0 amide bonds. The predicted molar refractivity (Wildman–Crippen MR) is 219 cm³/mol. The standard InChI is InChI=1S/C47H27N3OS/c1-4-10-40-32(7-1)35-23-28(13-17-42(35)49(40)30-15-19-44-37(25-30)39-27-48-22-21-45(39)51-44)29-14-18-43-36(24-29)33-8-2-5-11-41(33)50(43)31-16-20-47-38(26-31)34-9-3-6-12-46(34)52-47/h1-27H. The SMILES string of the molecule is c1ccc2c(c1)sc1ccc(-n3c4ccccc4c4cc(-c5ccc6c(c5)c5ccccc5n6-c5ccc6oc7ccncc7c6c5)ccc43)cc12. The molecular formula is C47H27N3OS. The fraction of sp³-hybridized carbons (Fsp3) is 0. The van der Waals surface area contributed by atoms with Gasteiger partial charge < -0.3 is 13.6 Å². The summed E-state index contributed by atoms with van der Waals surface area (Å²) in [6.07, 6.45) is 3.67. The zero-order valence-corrected chi connectivity index (χ0v) is 28.6. The summed E-state index contributed by atoms with van der Waals surface area (Å²) < 4.78 is 13.6. The predicted octanol–water partition coefficient (Wildman–Crippen LogP) is 13.2. The van der Waals surface area contributed by atoms with Gasteiger partial charge in [-0.25, -0.2) is 0 Å². The number of thiophene rings is 1. The minimum atomic E-state index is 0.853. The van der Waals surface area contributed by atoms with E-state index in [1.807, 2.05) is 23.6 Å². The van der Waals surface area contributed by atoms with Crippen molar-refractivity contribution < 1.29 is 4.42 Å². The average molecular weight is 682 g/mol. The summed E-state index contributed by atoms with van der Waals surface area (Å²) in [6.45, 7) is 0. The molecule has 0 saturated carbocycles. The van der Waals surface area contributed by atoms with Crippen LogP contribution in [0.2, 0.25) is 0 Å². The number of pyridine rings is 1. The summed E-state index contributed by atoms with van der Waals surface area (Å²) in [6, 6.07) is 55.4. The van der Waals surface area contributed by atoms with E-state index in [0.717, 1.165) is 27.6 Å². The van der Waals surface area contributed by atoms with Gasteiger partial charge in [0.1, 0.15) is 11.2 Å². The van der Waals surface area contributed by atoms with Gasteiger partial charge in [0.2, 0.25) is 0 Å². The Morgan fingerprint density at radius 2 is 0.962 bits per heavy atom. The lowest BCUT2D eigenvalue weighted by molar-refractivity contribution is 0.668. The van der Waals surface area contributed by atoms with Crippen molar-refractivity contribution in [2.75, 3.05) is 0 Å². The van der Waals surface area contributed by atoms with Crippen LogP contribution >= 0.6 is 11.3 Å². The molecule has 12 aromatic rings. The number of hydrogen-bond acceptors (Lipinski definition) is 3. The quantitative estimate of drug-likeness (QED) is 0.186. The van der Waals surface area contributed by atoms with Crippen molar-refractivity contribution in [1.29, 1.82) is 0 Å². The van der Waals surface area contributed by atoms with Gasteiger partial charge in [0.15, 0.2) is 0 Å². The van der Waals surface area contributed by atoms with Gasteiger partial charge in [-0.3, -0.25) is 4.98 Å². The van der Waals surface area contributed by atoms with Crippen LogP contribution in [0.1, 0.15) is 0 Å². The highest BCUT2D eigenvalue weighted by Crippen LogP contribution is 2.41.